The first-order valence-electron chi connectivity index (χ1n) is 14.9. The zero-order valence-corrected chi connectivity index (χ0v) is 24.1. The number of rotatable bonds is 1. The number of aromatic nitrogens is 1. The van der Waals surface area contributed by atoms with Crippen LogP contribution in [0.25, 0.3) is 49.4 Å². The van der Waals surface area contributed by atoms with Crippen LogP contribution < -0.4 is 0 Å². The third-order valence-corrected chi connectivity index (χ3v) is 10.8. The quantitative estimate of drug-likeness (QED) is 0.192. The molecule has 0 fully saturated rings. The van der Waals surface area contributed by atoms with Crippen molar-refractivity contribution in [2.45, 2.75) is 15.2 Å². The number of hydrogen-bond donors (Lipinski definition) is 0. The van der Waals surface area contributed by atoms with Crippen molar-refractivity contribution in [2.24, 2.45) is 0 Å². The molecule has 10 rings (SSSR count). The molecule has 0 aliphatic carbocycles. The maximum atomic E-state index is 2.51. The lowest BCUT2D eigenvalue weighted by molar-refractivity contribution is 0.690. The molecule has 43 heavy (non-hydrogen) atoms. The van der Waals surface area contributed by atoms with Crippen LogP contribution in [0.1, 0.15) is 22.3 Å². The molecule has 200 valence electrons. The fourth-order valence-electron chi connectivity index (χ4n) is 7.97. The summed E-state index contributed by atoms with van der Waals surface area (Å²) in [6.07, 6.45) is 0. The first-order valence-corrected chi connectivity index (χ1v) is 15.7. The first-order chi connectivity index (χ1) is 21.3. The number of para-hydroxylation sites is 3. The second-order valence-corrected chi connectivity index (χ2v) is 12.7. The lowest BCUT2D eigenvalue weighted by atomic mass is 9.62. The number of benzene rings is 7. The van der Waals surface area contributed by atoms with E-state index in [1.165, 1.54) is 81.4 Å². The van der Waals surface area contributed by atoms with Gasteiger partial charge in [0.15, 0.2) is 0 Å². The van der Waals surface area contributed by atoms with Crippen molar-refractivity contribution in [3.8, 4) is 16.8 Å². The number of nitrogens with zero attached hydrogens (tertiary/aromatic N) is 1. The summed E-state index contributed by atoms with van der Waals surface area (Å²) in [6, 6.07) is 56.5. The Hall–Kier alpha value is -5.05. The van der Waals surface area contributed by atoms with Gasteiger partial charge in [-0.25, -0.2) is 0 Å². The topological polar surface area (TPSA) is 4.93 Å². The fourth-order valence-corrected chi connectivity index (χ4v) is 9.20. The average molecular weight is 564 g/mol. The standard InChI is InChI=1S/C41H25NS/c1-2-13-28-26(11-1)12-9-15-29(28)27-23-24-34-39(25-27)43-38-22-8-5-18-33(38)41(34)32-17-4-7-21-37(32)42-36-20-6-3-14-30(36)31-16-10-19-35(41)40(31)42/h1-25H. The Labute approximate surface area is 254 Å². The molecule has 3 heterocycles. The van der Waals surface area contributed by atoms with Crippen molar-refractivity contribution in [1.82, 2.24) is 4.57 Å². The van der Waals surface area contributed by atoms with Crippen LogP contribution in [-0.2, 0) is 5.41 Å². The zero-order chi connectivity index (χ0) is 28.1. The summed E-state index contributed by atoms with van der Waals surface area (Å²) in [4.78, 5) is 2.64. The van der Waals surface area contributed by atoms with Gasteiger partial charge in [-0.05, 0) is 68.4 Å². The molecule has 2 aliphatic heterocycles. The van der Waals surface area contributed by atoms with Crippen molar-refractivity contribution < 1.29 is 0 Å². The van der Waals surface area contributed by atoms with Gasteiger partial charge in [0.25, 0.3) is 0 Å². The van der Waals surface area contributed by atoms with E-state index in [0.29, 0.717) is 0 Å². The number of fused-ring (bicyclic) bond motifs is 12. The zero-order valence-electron chi connectivity index (χ0n) is 23.3. The largest absolute Gasteiger partial charge is 0.309 e. The second kappa shape index (κ2) is 8.50. The molecule has 0 bridgehead atoms. The summed E-state index contributed by atoms with van der Waals surface area (Å²) in [7, 11) is 0. The summed E-state index contributed by atoms with van der Waals surface area (Å²) in [5.74, 6) is 0. The third kappa shape index (κ3) is 2.94. The maximum absolute atomic E-state index is 2.51. The van der Waals surface area contributed by atoms with Crippen LogP contribution in [0, 0.1) is 0 Å². The molecule has 0 saturated heterocycles. The van der Waals surface area contributed by atoms with E-state index in [0.717, 1.165) is 0 Å². The van der Waals surface area contributed by atoms with Crippen LogP contribution in [0.15, 0.2) is 161 Å². The van der Waals surface area contributed by atoms with Gasteiger partial charge in [-0.1, -0.05) is 139 Å². The molecule has 0 saturated carbocycles. The van der Waals surface area contributed by atoms with Gasteiger partial charge in [0.1, 0.15) is 0 Å². The van der Waals surface area contributed by atoms with Crippen molar-refractivity contribution in [2.75, 3.05) is 0 Å². The van der Waals surface area contributed by atoms with Gasteiger partial charge in [0.2, 0.25) is 0 Å². The predicted molar refractivity (Wildman–Crippen MR) is 180 cm³/mol. The Morgan fingerprint density at radius 3 is 2.09 bits per heavy atom. The molecular formula is C41H25NS. The van der Waals surface area contributed by atoms with Gasteiger partial charge in [-0.3, -0.25) is 0 Å². The van der Waals surface area contributed by atoms with Crippen LogP contribution in [-0.4, -0.2) is 4.57 Å². The molecule has 1 nitrogen and oxygen atoms in total. The van der Waals surface area contributed by atoms with Crippen molar-refractivity contribution >= 4 is 44.3 Å². The Balaban J connectivity index is 1.36. The Morgan fingerprint density at radius 2 is 1.14 bits per heavy atom. The molecule has 1 spiro atoms. The van der Waals surface area contributed by atoms with E-state index >= 15 is 0 Å². The molecule has 2 heteroatoms. The van der Waals surface area contributed by atoms with Crippen LogP contribution >= 0.6 is 11.8 Å². The lowest BCUT2D eigenvalue weighted by Gasteiger charge is -2.45. The lowest BCUT2D eigenvalue weighted by Crippen LogP contribution is -2.37. The van der Waals surface area contributed by atoms with E-state index in [2.05, 4.69) is 156 Å². The predicted octanol–water partition coefficient (Wildman–Crippen LogP) is 10.8. The Bertz CT molecular complexity index is 2440. The van der Waals surface area contributed by atoms with Gasteiger partial charge in [0.05, 0.1) is 22.1 Å². The number of hydrogen-bond acceptors (Lipinski definition) is 1. The normalized spacial score (nSPS) is 16.4. The van der Waals surface area contributed by atoms with Crippen molar-refractivity contribution in [3.63, 3.8) is 0 Å². The van der Waals surface area contributed by atoms with Gasteiger partial charge < -0.3 is 4.57 Å². The molecule has 0 N–H and O–H groups in total. The monoisotopic (exact) mass is 563 g/mol. The van der Waals surface area contributed by atoms with Gasteiger partial charge in [0, 0.05) is 20.6 Å². The Morgan fingerprint density at radius 1 is 0.465 bits per heavy atom. The summed E-state index contributed by atoms with van der Waals surface area (Å²) < 4.78 is 2.51. The molecule has 8 aromatic rings. The summed E-state index contributed by atoms with van der Waals surface area (Å²) in [5.41, 5.74) is 11.3. The van der Waals surface area contributed by atoms with E-state index in [4.69, 9.17) is 0 Å². The highest BCUT2D eigenvalue weighted by Crippen LogP contribution is 2.60. The van der Waals surface area contributed by atoms with Crippen molar-refractivity contribution in [3.05, 3.63) is 174 Å². The van der Waals surface area contributed by atoms with E-state index < -0.39 is 5.41 Å². The Kier molecular flexibility index (Phi) is 4.65. The highest BCUT2D eigenvalue weighted by molar-refractivity contribution is 7.99. The minimum absolute atomic E-state index is 0.436. The highest BCUT2D eigenvalue weighted by atomic mass is 32.2. The van der Waals surface area contributed by atoms with Gasteiger partial charge in [-0.2, -0.15) is 0 Å². The van der Waals surface area contributed by atoms with Crippen LogP contribution in [0.3, 0.4) is 0 Å². The van der Waals surface area contributed by atoms with Crippen LogP contribution in [0.5, 0.6) is 0 Å². The second-order valence-electron chi connectivity index (χ2n) is 11.7. The third-order valence-electron chi connectivity index (χ3n) is 9.64. The SMILES string of the molecule is c1ccc2c(c1)Sc1cc(-c3cccc4ccccc34)ccc1C21c2ccccc2-n2c3ccccc3c3cccc1c32. The smallest absolute Gasteiger partial charge is 0.0764 e. The fraction of sp³-hybridized carbons (Fsp3) is 0.0244. The summed E-state index contributed by atoms with van der Waals surface area (Å²) >= 11 is 1.91. The van der Waals surface area contributed by atoms with Crippen molar-refractivity contribution in [1.29, 1.82) is 0 Å². The van der Waals surface area contributed by atoms with Gasteiger partial charge >= 0.3 is 0 Å². The molecule has 0 radical (unpaired) electrons. The molecule has 1 unspecified atom stereocenters. The highest BCUT2D eigenvalue weighted by Gasteiger charge is 2.49. The van der Waals surface area contributed by atoms with E-state index in [1.54, 1.807) is 0 Å². The van der Waals surface area contributed by atoms with E-state index in [9.17, 15) is 0 Å². The minimum atomic E-state index is -0.436. The molecular weight excluding hydrogens is 539 g/mol. The van der Waals surface area contributed by atoms with E-state index in [1.807, 2.05) is 11.8 Å². The van der Waals surface area contributed by atoms with Gasteiger partial charge in [-0.15, -0.1) is 0 Å². The molecule has 1 atom stereocenters. The summed E-state index contributed by atoms with van der Waals surface area (Å²) in [6.45, 7) is 0. The van der Waals surface area contributed by atoms with Crippen LogP contribution in [0.2, 0.25) is 0 Å². The first kappa shape index (κ1) is 23.5. The maximum Gasteiger partial charge on any atom is 0.0764 e. The average Bonchev–Trinajstić information content (AvgIpc) is 3.41. The molecule has 1 aromatic heterocycles. The molecule has 2 aliphatic rings. The molecule has 7 aromatic carbocycles. The van der Waals surface area contributed by atoms with Crippen LogP contribution in [0.4, 0.5) is 0 Å². The minimum Gasteiger partial charge on any atom is -0.309 e. The summed E-state index contributed by atoms with van der Waals surface area (Å²) in [5, 5.41) is 5.17. The van der Waals surface area contributed by atoms with E-state index in [-0.39, 0.29) is 0 Å². The molecule has 0 amide bonds.